The summed E-state index contributed by atoms with van der Waals surface area (Å²) in [7, 11) is -3.59. The van der Waals surface area contributed by atoms with Crippen LogP contribution in [-0.4, -0.2) is 23.4 Å². The van der Waals surface area contributed by atoms with Crippen molar-refractivity contribution in [1.82, 2.24) is 3.97 Å². The van der Waals surface area contributed by atoms with E-state index >= 15 is 0 Å². The number of aromatic nitrogens is 1. The van der Waals surface area contributed by atoms with E-state index in [9.17, 15) is 13.2 Å². The first-order valence-corrected chi connectivity index (χ1v) is 11.8. The molecule has 1 aromatic heterocycles. The third-order valence-corrected chi connectivity index (χ3v) is 7.02. The first kappa shape index (κ1) is 21.2. The second-order valence-electron chi connectivity index (χ2n) is 7.32. The van der Waals surface area contributed by atoms with Gasteiger partial charge < -0.3 is 0 Å². The number of hydrogen-bond acceptors (Lipinski definition) is 5. The van der Waals surface area contributed by atoms with Crippen LogP contribution in [0.1, 0.15) is 36.2 Å². The summed E-state index contributed by atoms with van der Waals surface area (Å²) in [6, 6.07) is 15.7. The average molecular weight is 427 g/mol. The van der Waals surface area contributed by atoms with E-state index in [0.29, 0.717) is 28.5 Å². The van der Waals surface area contributed by atoms with Crippen molar-refractivity contribution in [3.63, 3.8) is 0 Å². The van der Waals surface area contributed by atoms with Crippen molar-refractivity contribution < 1.29 is 13.2 Å². The van der Waals surface area contributed by atoms with Gasteiger partial charge in [0, 0.05) is 17.1 Å². The molecule has 3 aromatic rings. The van der Waals surface area contributed by atoms with Gasteiger partial charge in [-0.1, -0.05) is 44.2 Å². The summed E-state index contributed by atoms with van der Waals surface area (Å²) < 4.78 is 27.0. The van der Waals surface area contributed by atoms with Gasteiger partial charge >= 0.3 is 0 Å². The molecule has 150 valence electrons. The van der Waals surface area contributed by atoms with Gasteiger partial charge in [0.15, 0.2) is 5.78 Å². The van der Waals surface area contributed by atoms with Crippen LogP contribution in [0.15, 0.2) is 60.8 Å². The lowest BCUT2D eigenvalue weighted by atomic mass is 10.00. The number of Topliss-reactive ketones (excluding diaryl/α,β-unsaturated/α-hetero) is 1. The number of fused-ring (bicyclic) bond motifs is 1. The fourth-order valence-electron chi connectivity index (χ4n) is 3.25. The minimum atomic E-state index is -3.59. The lowest BCUT2D eigenvalue weighted by Crippen LogP contribution is -2.19. The molecule has 0 saturated heterocycles. The molecule has 0 N–H and O–H groups in total. The Morgan fingerprint density at radius 1 is 1.14 bits per heavy atom. The van der Waals surface area contributed by atoms with Gasteiger partial charge in [-0.3, -0.25) is 4.79 Å². The second kappa shape index (κ2) is 8.85. The largest absolute Gasteiger partial charge is 0.293 e. The monoisotopic (exact) mass is 426 g/mol. The Morgan fingerprint density at radius 3 is 2.52 bits per heavy atom. The predicted octanol–water partition coefficient (Wildman–Crippen LogP) is 4.83. The molecular formula is C22H22N2O3S2. The van der Waals surface area contributed by atoms with E-state index in [-0.39, 0.29) is 17.5 Å². The number of ketones is 1. The zero-order valence-corrected chi connectivity index (χ0v) is 17.9. The van der Waals surface area contributed by atoms with E-state index in [4.69, 9.17) is 5.26 Å². The number of rotatable bonds is 8. The number of thioether (sulfide) groups is 1. The number of benzene rings is 2. The molecule has 0 radical (unpaired) electrons. The topological polar surface area (TPSA) is 79.9 Å². The van der Waals surface area contributed by atoms with Gasteiger partial charge in [0.25, 0.3) is 0 Å². The second-order valence-corrected chi connectivity index (χ2v) is 10.2. The highest BCUT2D eigenvalue weighted by Gasteiger charge is 2.23. The SMILES string of the molecule is CC(C)CC(SC#N)C(=O)c1ccc2c(ccn2S(=O)(=O)Cc2ccccc2)c1. The van der Waals surface area contributed by atoms with Crippen LogP contribution < -0.4 is 0 Å². The molecule has 0 spiro atoms. The van der Waals surface area contributed by atoms with E-state index in [1.54, 1.807) is 36.4 Å². The molecule has 29 heavy (non-hydrogen) atoms. The standard InChI is InChI=1S/C22H22N2O3S2/c1-16(2)12-21(28-15-23)22(25)19-8-9-20-18(13-19)10-11-24(20)29(26,27)14-17-6-4-3-5-7-17/h3-11,13,16,21H,12,14H2,1-2H3. The minimum Gasteiger partial charge on any atom is -0.293 e. The first-order valence-electron chi connectivity index (χ1n) is 9.29. The van der Waals surface area contributed by atoms with Crippen molar-refractivity contribution >= 4 is 38.5 Å². The van der Waals surface area contributed by atoms with Crippen molar-refractivity contribution in [2.45, 2.75) is 31.3 Å². The zero-order valence-electron chi connectivity index (χ0n) is 16.3. The Morgan fingerprint density at radius 2 is 1.86 bits per heavy atom. The van der Waals surface area contributed by atoms with E-state index in [0.717, 1.165) is 11.8 Å². The highest BCUT2D eigenvalue weighted by Crippen LogP contribution is 2.26. The number of nitriles is 1. The molecule has 7 heteroatoms. The zero-order chi connectivity index (χ0) is 21.0. The molecule has 1 heterocycles. The molecule has 0 aliphatic heterocycles. The Bertz CT molecular complexity index is 1160. The van der Waals surface area contributed by atoms with Crippen LogP contribution in [0.2, 0.25) is 0 Å². The van der Waals surface area contributed by atoms with Crippen molar-refractivity contribution in [2.75, 3.05) is 0 Å². The first-order chi connectivity index (χ1) is 13.8. The Kier molecular flexibility index (Phi) is 6.46. The lowest BCUT2D eigenvalue weighted by molar-refractivity contribution is 0.0983. The van der Waals surface area contributed by atoms with Crippen LogP contribution in [0.3, 0.4) is 0 Å². The van der Waals surface area contributed by atoms with Crippen LogP contribution in [0.25, 0.3) is 10.9 Å². The van der Waals surface area contributed by atoms with Gasteiger partial charge in [-0.15, -0.1) is 0 Å². The Hall–Kier alpha value is -2.56. The van der Waals surface area contributed by atoms with Gasteiger partial charge in [-0.2, -0.15) is 5.26 Å². The summed E-state index contributed by atoms with van der Waals surface area (Å²) in [6.07, 6.45) is 2.13. The normalized spacial score (nSPS) is 12.8. The van der Waals surface area contributed by atoms with Gasteiger partial charge in [0.05, 0.1) is 16.5 Å². The molecule has 3 rings (SSSR count). The third-order valence-electron chi connectivity index (χ3n) is 4.60. The van der Waals surface area contributed by atoms with Gasteiger partial charge in [0.1, 0.15) is 5.40 Å². The quantitative estimate of drug-likeness (QED) is 0.381. The summed E-state index contributed by atoms with van der Waals surface area (Å²) in [4.78, 5) is 12.9. The summed E-state index contributed by atoms with van der Waals surface area (Å²) in [5.41, 5.74) is 1.74. The predicted molar refractivity (Wildman–Crippen MR) is 117 cm³/mol. The highest BCUT2D eigenvalue weighted by atomic mass is 32.2. The van der Waals surface area contributed by atoms with E-state index in [1.807, 2.05) is 37.4 Å². The van der Waals surface area contributed by atoms with Crippen molar-refractivity contribution in [3.8, 4) is 5.40 Å². The van der Waals surface area contributed by atoms with Crippen molar-refractivity contribution in [3.05, 3.63) is 71.9 Å². The molecule has 1 atom stereocenters. The smallest absolute Gasteiger partial charge is 0.243 e. The maximum absolute atomic E-state index is 12.9. The maximum atomic E-state index is 12.9. The van der Waals surface area contributed by atoms with Crippen LogP contribution in [-0.2, 0) is 15.8 Å². The van der Waals surface area contributed by atoms with E-state index < -0.39 is 15.3 Å². The van der Waals surface area contributed by atoms with Crippen LogP contribution in [0.5, 0.6) is 0 Å². The number of carbonyl (C=O) groups excluding carboxylic acids is 1. The van der Waals surface area contributed by atoms with Crippen LogP contribution in [0, 0.1) is 16.6 Å². The van der Waals surface area contributed by atoms with Gasteiger partial charge in [-0.05, 0) is 53.9 Å². The molecule has 5 nitrogen and oxygen atoms in total. The van der Waals surface area contributed by atoms with Crippen molar-refractivity contribution in [1.29, 1.82) is 5.26 Å². The lowest BCUT2D eigenvalue weighted by Gasteiger charge is -2.14. The molecule has 0 amide bonds. The molecule has 0 aliphatic carbocycles. The summed E-state index contributed by atoms with van der Waals surface area (Å²) in [6.45, 7) is 4.03. The number of nitrogens with zero attached hydrogens (tertiary/aromatic N) is 2. The number of hydrogen-bond donors (Lipinski definition) is 0. The molecule has 1 unspecified atom stereocenters. The molecule has 0 saturated carbocycles. The number of thiocyanates is 1. The maximum Gasteiger partial charge on any atom is 0.243 e. The molecule has 0 aliphatic rings. The molecular weight excluding hydrogens is 404 g/mol. The van der Waals surface area contributed by atoms with Crippen molar-refractivity contribution in [2.24, 2.45) is 5.92 Å². The highest BCUT2D eigenvalue weighted by molar-refractivity contribution is 8.05. The average Bonchev–Trinajstić information content (AvgIpc) is 3.11. The molecule has 2 aromatic carbocycles. The fraction of sp³-hybridized carbons (Fsp3) is 0.273. The van der Waals surface area contributed by atoms with E-state index in [2.05, 4.69) is 0 Å². The van der Waals surface area contributed by atoms with E-state index in [1.165, 1.54) is 10.2 Å². The van der Waals surface area contributed by atoms with Crippen LogP contribution >= 0.6 is 11.8 Å². The molecule has 0 bridgehead atoms. The van der Waals surface area contributed by atoms with Gasteiger partial charge in [0.2, 0.25) is 10.0 Å². The summed E-state index contributed by atoms with van der Waals surface area (Å²) in [5.74, 6) is 0.0814. The number of carbonyl (C=O) groups is 1. The van der Waals surface area contributed by atoms with Crippen LogP contribution in [0.4, 0.5) is 0 Å². The molecule has 0 fully saturated rings. The van der Waals surface area contributed by atoms with Gasteiger partial charge in [-0.25, -0.2) is 12.4 Å². The fourth-order valence-corrected chi connectivity index (χ4v) is 5.57. The Labute approximate surface area is 175 Å². The summed E-state index contributed by atoms with van der Waals surface area (Å²) >= 11 is 0.979. The Balaban J connectivity index is 1.92. The third kappa shape index (κ3) is 4.89. The summed E-state index contributed by atoms with van der Waals surface area (Å²) in [5, 5.41) is 11.3. The minimum absolute atomic E-state index is 0.104.